The number of benzene rings is 1. The number of nitrogens with one attached hydrogen (secondary N) is 2. The quantitative estimate of drug-likeness (QED) is 0.552. The molecule has 0 saturated carbocycles. The summed E-state index contributed by atoms with van der Waals surface area (Å²) >= 11 is 5.49. The van der Waals surface area contributed by atoms with Crippen molar-refractivity contribution in [1.82, 2.24) is 4.72 Å². The van der Waals surface area contributed by atoms with E-state index in [4.69, 9.17) is 11.6 Å². The molecule has 1 aromatic rings. The molecule has 0 amide bonds. The van der Waals surface area contributed by atoms with Crippen molar-refractivity contribution in [3.8, 4) is 0 Å². The fraction of sp³-hybridized carbons (Fsp3) is 0.455. The van der Waals surface area contributed by atoms with Crippen LogP contribution in [0.3, 0.4) is 0 Å². The fourth-order valence-electron chi connectivity index (χ4n) is 1.44. The van der Waals surface area contributed by atoms with Crippen molar-refractivity contribution in [2.45, 2.75) is 17.7 Å². The highest BCUT2D eigenvalue weighted by molar-refractivity contribution is 7.92. The lowest BCUT2D eigenvalue weighted by molar-refractivity contribution is 0.588. The molecule has 1 rings (SSSR count). The number of anilines is 1. The van der Waals surface area contributed by atoms with E-state index >= 15 is 0 Å². The van der Waals surface area contributed by atoms with Crippen LogP contribution in [0.25, 0.3) is 0 Å². The predicted octanol–water partition coefficient (Wildman–Crippen LogP) is 1.36. The van der Waals surface area contributed by atoms with E-state index in [1.165, 1.54) is 31.3 Å². The Morgan fingerprint density at radius 3 is 2.15 bits per heavy atom. The molecular weight excluding hydrogens is 324 g/mol. The van der Waals surface area contributed by atoms with Gasteiger partial charge >= 0.3 is 0 Å². The average Bonchev–Trinajstić information content (AvgIpc) is 2.39. The molecule has 0 aliphatic carbocycles. The molecule has 0 radical (unpaired) electrons. The van der Waals surface area contributed by atoms with E-state index in [1.54, 1.807) is 0 Å². The van der Waals surface area contributed by atoms with Gasteiger partial charge in [-0.2, -0.15) is 0 Å². The minimum Gasteiger partial charge on any atom is -0.284 e. The van der Waals surface area contributed by atoms with Crippen molar-refractivity contribution in [3.05, 3.63) is 24.3 Å². The Labute approximate surface area is 124 Å². The van der Waals surface area contributed by atoms with Crippen LogP contribution >= 0.6 is 11.6 Å². The molecule has 9 heteroatoms. The summed E-state index contributed by atoms with van der Waals surface area (Å²) in [4.78, 5) is 0.0742. The van der Waals surface area contributed by atoms with Gasteiger partial charge in [0.1, 0.15) is 0 Å². The number of alkyl halides is 1. The predicted molar refractivity (Wildman–Crippen MR) is 80.1 cm³/mol. The van der Waals surface area contributed by atoms with Gasteiger partial charge in [0.2, 0.25) is 20.0 Å². The Kier molecular flexibility index (Phi) is 6.25. The maximum absolute atomic E-state index is 11.7. The molecule has 0 saturated heterocycles. The third-order valence-electron chi connectivity index (χ3n) is 2.50. The largest absolute Gasteiger partial charge is 0.284 e. The summed E-state index contributed by atoms with van der Waals surface area (Å²) < 4.78 is 51.0. The smallest absolute Gasteiger partial charge is 0.240 e. The zero-order valence-electron chi connectivity index (χ0n) is 11.0. The highest BCUT2D eigenvalue weighted by Gasteiger charge is 2.13. The molecule has 1 aromatic carbocycles. The van der Waals surface area contributed by atoms with Crippen LogP contribution in [0, 0.1) is 0 Å². The van der Waals surface area contributed by atoms with Crippen molar-refractivity contribution >= 4 is 37.3 Å². The van der Waals surface area contributed by atoms with Crippen molar-refractivity contribution in [3.63, 3.8) is 0 Å². The van der Waals surface area contributed by atoms with E-state index in [2.05, 4.69) is 9.44 Å². The van der Waals surface area contributed by atoms with E-state index in [0.29, 0.717) is 24.4 Å². The second-order valence-electron chi connectivity index (χ2n) is 4.05. The lowest BCUT2D eigenvalue weighted by Crippen LogP contribution is -2.19. The molecule has 0 unspecified atom stereocenters. The minimum absolute atomic E-state index is 0.0176. The second kappa shape index (κ2) is 7.26. The maximum atomic E-state index is 11.7. The van der Waals surface area contributed by atoms with Crippen LogP contribution in [0.4, 0.5) is 5.69 Å². The standard InChI is InChI=1S/C11H17ClN2O4S2/c1-13-20(17,18)11-6-4-10(5-7-11)14-19(15,16)9-3-2-8-12/h4-7,13-14H,2-3,8-9H2,1H3. The number of halogens is 1. The lowest BCUT2D eigenvalue weighted by Gasteiger charge is -2.08. The maximum Gasteiger partial charge on any atom is 0.240 e. The molecule has 0 spiro atoms. The van der Waals surface area contributed by atoms with Gasteiger partial charge < -0.3 is 0 Å². The number of hydrogen-bond acceptors (Lipinski definition) is 4. The molecule has 0 bridgehead atoms. The van der Waals surface area contributed by atoms with Crippen LogP contribution in [-0.2, 0) is 20.0 Å². The average molecular weight is 341 g/mol. The Morgan fingerprint density at radius 2 is 1.65 bits per heavy atom. The monoisotopic (exact) mass is 340 g/mol. The topological polar surface area (TPSA) is 92.3 Å². The molecule has 0 heterocycles. The van der Waals surface area contributed by atoms with Crippen LogP contribution in [-0.4, -0.2) is 35.5 Å². The summed E-state index contributed by atoms with van der Waals surface area (Å²) in [6, 6.07) is 5.48. The first-order chi connectivity index (χ1) is 9.30. The summed E-state index contributed by atoms with van der Waals surface area (Å²) in [5.41, 5.74) is 0.325. The summed E-state index contributed by atoms with van der Waals surface area (Å²) in [7, 11) is -5.64. The van der Waals surface area contributed by atoms with Crippen molar-refractivity contribution in [1.29, 1.82) is 0 Å². The van der Waals surface area contributed by atoms with Gasteiger partial charge in [-0.3, -0.25) is 4.72 Å². The van der Waals surface area contributed by atoms with Gasteiger partial charge in [0.05, 0.1) is 10.6 Å². The first-order valence-electron chi connectivity index (χ1n) is 5.91. The molecule has 0 fully saturated rings. The molecule has 6 nitrogen and oxygen atoms in total. The molecule has 2 N–H and O–H groups in total. The van der Waals surface area contributed by atoms with E-state index in [-0.39, 0.29) is 10.6 Å². The van der Waals surface area contributed by atoms with E-state index in [9.17, 15) is 16.8 Å². The Balaban J connectivity index is 2.75. The van der Waals surface area contributed by atoms with Gasteiger partial charge in [-0.15, -0.1) is 11.6 Å². The highest BCUT2D eigenvalue weighted by atomic mass is 35.5. The molecule has 0 aliphatic rings. The molecule has 0 atom stereocenters. The fourth-order valence-corrected chi connectivity index (χ4v) is 3.54. The first kappa shape index (κ1) is 17.2. The minimum atomic E-state index is -3.52. The summed E-state index contributed by atoms with van der Waals surface area (Å²) in [6.07, 6.45) is 1.10. The zero-order chi connectivity index (χ0) is 15.2. The van der Waals surface area contributed by atoms with Crippen LogP contribution in [0.5, 0.6) is 0 Å². The van der Waals surface area contributed by atoms with Gasteiger partial charge in [0.15, 0.2) is 0 Å². The normalized spacial score (nSPS) is 12.3. The first-order valence-corrected chi connectivity index (χ1v) is 9.58. The lowest BCUT2D eigenvalue weighted by atomic mass is 10.3. The van der Waals surface area contributed by atoms with Crippen molar-refractivity contribution in [2.75, 3.05) is 23.4 Å². The third-order valence-corrected chi connectivity index (χ3v) is 5.57. The van der Waals surface area contributed by atoms with Crippen LogP contribution in [0.2, 0.25) is 0 Å². The summed E-state index contributed by atoms with van der Waals surface area (Å²) in [5.74, 6) is 0.405. The highest BCUT2D eigenvalue weighted by Crippen LogP contribution is 2.15. The Hall–Kier alpha value is -0.830. The van der Waals surface area contributed by atoms with Gasteiger partial charge in [0, 0.05) is 11.6 Å². The third kappa shape index (κ3) is 5.28. The van der Waals surface area contributed by atoms with Gasteiger partial charge in [-0.1, -0.05) is 0 Å². The van der Waals surface area contributed by atoms with Gasteiger partial charge in [-0.25, -0.2) is 21.6 Å². The number of hydrogen-bond donors (Lipinski definition) is 2. The van der Waals surface area contributed by atoms with E-state index in [0.717, 1.165) is 0 Å². The zero-order valence-corrected chi connectivity index (χ0v) is 13.4. The summed E-state index contributed by atoms with van der Waals surface area (Å²) in [5, 5.41) is 0. The SMILES string of the molecule is CNS(=O)(=O)c1ccc(NS(=O)(=O)CCCCCl)cc1. The van der Waals surface area contributed by atoms with Gasteiger partial charge in [-0.05, 0) is 44.2 Å². The molecule has 0 aliphatic heterocycles. The van der Waals surface area contributed by atoms with Crippen molar-refractivity contribution in [2.24, 2.45) is 0 Å². The Bertz CT molecular complexity index is 627. The van der Waals surface area contributed by atoms with Crippen LogP contribution in [0.15, 0.2) is 29.2 Å². The van der Waals surface area contributed by atoms with Gasteiger partial charge in [0.25, 0.3) is 0 Å². The van der Waals surface area contributed by atoms with Crippen LogP contribution in [0.1, 0.15) is 12.8 Å². The number of sulfonamides is 2. The molecule has 0 aromatic heterocycles. The molecular formula is C11H17ClN2O4S2. The molecule has 114 valence electrons. The summed E-state index contributed by atoms with van der Waals surface area (Å²) in [6.45, 7) is 0. The van der Waals surface area contributed by atoms with E-state index in [1.807, 2.05) is 0 Å². The number of unbranched alkanes of at least 4 members (excludes halogenated alkanes) is 1. The number of rotatable bonds is 8. The Morgan fingerprint density at radius 1 is 1.05 bits per heavy atom. The van der Waals surface area contributed by atoms with Crippen LogP contribution < -0.4 is 9.44 Å². The second-order valence-corrected chi connectivity index (χ2v) is 8.16. The van der Waals surface area contributed by atoms with E-state index < -0.39 is 20.0 Å². The van der Waals surface area contributed by atoms with Crippen molar-refractivity contribution < 1.29 is 16.8 Å². The molecule has 20 heavy (non-hydrogen) atoms.